The van der Waals surface area contributed by atoms with E-state index in [4.69, 9.17) is 21.1 Å². The Morgan fingerprint density at radius 2 is 1.90 bits per heavy atom. The van der Waals surface area contributed by atoms with Gasteiger partial charge in [-0.25, -0.2) is 4.39 Å². The highest BCUT2D eigenvalue weighted by Crippen LogP contribution is 2.37. The van der Waals surface area contributed by atoms with Crippen LogP contribution in [0.3, 0.4) is 0 Å². The van der Waals surface area contributed by atoms with Crippen molar-refractivity contribution in [3.63, 3.8) is 0 Å². The largest absolute Gasteiger partial charge is 0.485 e. The van der Waals surface area contributed by atoms with Crippen molar-refractivity contribution in [2.45, 2.75) is 6.92 Å². The molecule has 3 aromatic rings. The lowest BCUT2D eigenvalue weighted by atomic mass is 10.0. The van der Waals surface area contributed by atoms with Crippen molar-refractivity contribution >= 4 is 29.2 Å². The zero-order valence-electron chi connectivity index (χ0n) is 15.9. The summed E-state index contributed by atoms with van der Waals surface area (Å²) in [6, 6.07) is 15.7. The predicted molar refractivity (Wildman–Crippen MR) is 112 cm³/mol. The molecule has 0 fully saturated rings. The van der Waals surface area contributed by atoms with Crippen LogP contribution in [0.2, 0.25) is 5.02 Å². The smallest absolute Gasteiger partial charge is 0.232 e. The van der Waals surface area contributed by atoms with Crippen LogP contribution in [0.5, 0.6) is 11.5 Å². The van der Waals surface area contributed by atoms with Crippen molar-refractivity contribution in [1.82, 2.24) is 0 Å². The number of halogens is 2. The van der Waals surface area contributed by atoms with Crippen LogP contribution in [0.25, 0.3) is 6.08 Å². The molecule has 0 N–H and O–H groups in total. The molecule has 1 aliphatic rings. The number of benzene rings is 3. The normalized spacial score (nSPS) is 13.8. The third-order valence-corrected chi connectivity index (χ3v) is 4.88. The molecule has 30 heavy (non-hydrogen) atoms. The lowest BCUT2D eigenvalue weighted by Crippen LogP contribution is -2.11. The standard InChI is InChI=1S/C24H16ClFO4/c1-14-9-19(29-13-20(27)16-5-7-17(25)8-6-16)12-21-23(14)24(28)22(30-21)11-15-3-2-4-18(26)10-15/h2-12H,13H2,1H3/b22-11-. The summed E-state index contributed by atoms with van der Waals surface area (Å²) < 4.78 is 24.7. The van der Waals surface area contributed by atoms with Crippen molar-refractivity contribution in [3.8, 4) is 11.5 Å². The molecule has 0 spiro atoms. The Balaban J connectivity index is 1.52. The van der Waals surface area contributed by atoms with Crippen LogP contribution in [0.1, 0.15) is 31.8 Å². The van der Waals surface area contributed by atoms with Gasteiger partial charge >= 0.3 is 0 Å². The average Bonchev–Trinajstić information content (AvgIpc) is 3.02. The minimum atomic E-state index is -0.399. The van der Waals surface area contributed by atoms with E-state index < -0.39 is 5.82 Å². The zero-order valence-corrected chi connectivity index (χ0v) is 16.7. The van der Waals surface area contributed by atoms with Gasteiger partial charge in [-0.15, -0.1) is 0 Å². The number of fused-ring (bicyclic) bond motifs is 1. The minimum Gasteiger partial charge on any atom is -0.485 e. The van der Waals surface area contributed by atoms with Crippen LogP contribution in [0, 0.1) is 12.7 Å². The van der Waals surface area contributed by atoms with Gasteiger partial charge in [0.25, 0.3) is 0 Å². The lowest BCUT2D eigenvalue weighted by molar-refractivity contribution is 0.0920. The first-order valence-electron chi connectivity index (χ1n) is 9.17. The molecule has 0 saturated carbocycles. The van der Waals surface area contributed by atoms with Gasteiger partial charge in [-0.1, -0.05) is 23.7 Å². The Morgan fingerprint density at radius 1 is 1.13 bits per heavy atom. The maximum absolute atomic E-state index is 13.4. The number of rotatable bonds is 5. The SMILES string of the molecule is Cc1cc(OCC(=O)c2ccc(Cl)cc2)cc2c1C(=O)/C(=C/c1cccc(F)c1)O2. The van der Waals surface area contributed by atoms with Gasteiger partial charge in [0.1, 0.15) is 17.3 Å². The number of Topliss-reactive ketones (excluding diaryl/α,β-unsaturated/α-hetero) is 2. The van der Waals surface area contributed by atoms with E-state index in [0.29, 0.717) is 38.8 Å². The highest BCUT2D eigenvalue weighted by molar-refractivity contribution is 6.30. The lowest BCUT2D eigenvalue weighted by Gasteiger charge is -2.09. The molecule has 1 aliphatic heterocycles. The Kier molecular flexibility index (Phi) is 5.38. The van der Waals surface area contributed by atoms with Crippen molar-refractivity contribution in [2.24, 2.45) is 0 Å². The third-order valence-electron chi connectivity index (χ3n) is 4.63. The molecule has 0 aliphatic carbocycles. The summed E-state index contributed by atoms with van der Waals surface area (Å²) in [4.78, 5) is 25.0. The number of aryl methyl sites for hydroxylation is 1. The Hall–Kier alpha value is -3.44. The molecule has 0 saturated heterocycles. The van der Waals surface area contributed by atoms with Gasteiger partial charge in [0.05, 0.1) is 5.56 Å². The first-order valence-corrected chi connectivity index (χ1v) is 9.54. The van der Waals surface area contributed by atoms with Gasteiger partial charge in [-0.05, 0) is 66.6 Å². The van der Waals surface area contributed by atoms with E-state index in [0.717, 1.165) is 0 Å². The molecular formula is C24H16ClFO4. The summed E-state index contributed by atoms with van der Waals surface area (Å²) in [7, 11) is 0. The molecule has 4 nitrogen and oxygen atoms in total. The van der Waals surface area contributed by atoms with Gasteiger partial charge in [-0.3, -0.25) is 9.59 Å². The molecule has 0 amide bonds. The Bertz CT molecular complexity index is 1180. The summed E-state index contributed by atoms with van der Waals surface area (Å²) in [5.74, 6) is -0.0216. The first-order chi connectivity index (χ1) is 14.4. The number of hydrogen-bond donors (Lipinski definition) is 0. The van der Waals surface area contributed by atoms with Crippen LogP contribution in [0.15, 0.2) is 66.4 Å². The van der Waals surface area contributed by atoms with Gasteiger partial charge in [-0.2, -0.15) is 0 Å². The summed E-state index contributed by atoms with van der Waals surface area (Å²) in [6.45, 7) is 1.60. The van der Waals surface area contributed by atoms with E-state index in [1.165, 1.54) is 18.2 Å². The van der Waals surface area contributed by atoms with Crippen molar-refractivity contribution in [1.29, 1.82) is 0 Å². The van der Waals surface area contributed by atoms with E-state index in [2.05, 4.69) is 0 Å². The molecule has 4 rings (SSSR count). The molecule has 0 radical (unpaired) electrons. The molecule has 0 atom stereocenters. The van der Waals surface area contributed by atoms with Gasteiger partial charge in [0.2, 0.25) is 5.78 Å². The fourth-order valence-corrected chi connectivity index (χ4v) is 3.30. The van der Waals surface area contributed by atoms with Gasteiger partial charge in [0.15, 0.2) is 18.1 Å². The van der Waals surface area contributed by atoms with E-state index in [-0.39, 0.29) is 23.9 Å². The van der Waals surface area contributed by atoms with Crippen molar-refractivity contribution < 1.29 is 23.5 Å². The molecule has 1 heterocycles. The second kappa shape index (κ2) is 8.13. The molecule has 0 aromatic heterocycles. The molecule has 150 valence electrons. The number of hydrogen-bond acceptors (Lipinski definition) is 4. The van der Waals surface area contributed by atoms with Crippen LogP contribution in [0.4, 0.5) is 4.39 Å². The minimum absolute atomic E-state index is 0.105. The zero-order chi connectivity index (χ0) is 21.3. The average molecular weight is 423 g/mol. The fraction of sp³-hybridized carbons (Fsp3) is 0.0833. The van der Waals surface area contributed by atoms with Crippen LogP contribution >= 0.6 is 11.6 Å². The maximum atomic E-state index is 13.4. The second-order valence-corrected chi connectivity index (χ2v) is 7.26. The number of carbonyl (C=O) groups excluding carboxylic acids is 2. The van der Waals surface area contributed by atoms with E-state index in [1.54, 1.807) is 55.5 Å². The van der Waals surface area contributed by atoms with E-state index in [9.17, 15) is 14.0 Å². The summed E-state index contributed by atoms with van der Waals surface area (Å²) in [6.07, 6.45) is 1.50. The Morgan fingerprint density at radius 3 is 2.63 bits per heavy atom. The predicted octanol–water partition coefficient (Wildman–Crippen LogP) is 5.67. The Labute approximate surface area is 177 Å². The fourth-order valence-electron chi connectivity index (χ4n) is 3.18. The summed E-state index contributed by atoms with van der Waals surface area (Å²) in [5, 5.41) is 0.547. The highest BCUT2D eigenvalue weighted by Gasteiger charge is 2.30. The second-order valence-electron chi connectivity index (χ2n) is 6.83. The number of ether oxygens (including phenoxy) is 2. The van der Waals surface area contributed by atoms with Crippen LogP contribution < -0.4 is 9.47 Å². The number of allylic oxidation sites excluding steroid dienone is 1. The van der Waals surface area contributed by atoms with Gasteiger partial charge < -0.3 is 9.47 Å². The molecule has 3 aromatic carbocycles. The first kappa shape index (κ1) is 19.9. The van der Waals surface area contributed by atoms with Crippen molar-refractivity contribution in [2.75, 3.05) is 6.61 Å². The quantitative estimate of drug-likeness (QED) is 0.393. The molecular weight excluding hydrogens is 407 g/mol. The maximum Gasteiger partial charge on any atom is 0.232 e. The number of ketones is 2. The van der Waals surface area contributed by atoms with E-state index in [1.807, 2.05) is 0 Å². The summed E-state index contributed by atoms with van der Waals surface area (Å²) >= 11 is 5.84. The van der Waals surface area contributed by atoms with Crippen LogP contribution in [-0.4, -0.2) is 18.2 Å². The molecule has 6 heteroatoms. The van der Waals surface area contributed by atoms with Crippen LogP contribution in [-0.2, 0) is 0 Å². The molecule has 0 unspecified atom stereocenters. The summed E-state index contributed by atoms with van der Waals surface area (Å²) in [5.41, 5.74) is 2.10. The van der Waals surface area contributed by atoms with Gasteiger partial charge in [0, 0.05) is 16.7 Å². The van der Waals surface area contributed by atoms with Crippen molar-refractivity contribution in [3.05, 3.63) is 99.5 Å². The molecule has 0 bridgehead atoms. The monoisotopic (exact) mass is 422 g/mol. The third kappa shape index (κ3) is 4.11. The number of carbonyl (C=O) groups is 2. The highest BCUT2D eigenvalue weighted by atomic mass is 35.5. The van der Waals surface area contributed by atoms with E-state index >= 15 is 0 Å². The topological polar surface area (TPSA) is 52.6 Å².